The fourth-order valence-electron chi connectivity index (χ4n) is 2.89. The molecule has 1 aliphatic rings. The molecule has 0 aromatic heterocycles. The third-order valence-electron chi connectivity index (χ3n) is 4.18. The Labute approximate surface area is 124 Å². The normalized spacial score (nSPS) is 17.4. The second-order valence-corrected chi connectivity index (χ2v) is 5.85. The highest BCUT2D eigenvalue weighted by Crippen LogP contribution is 2.35. The van der Waals surface area contributed by atoms with Crippen molar-refractivity contribution in [2.75, 3.05) is 25.0 Å². The highest BCUT2D eigenvalue weighted by atomic mass is 19.1. The van der Waals surface area contributed by atoms with E-state index in [4.69, 9.17) is 0 Å². The molecule has 0 aliphatic heterocycles. The molecule has 0 radical (unpaired) electrons. The third-order valence-corrected chi connectivity index (χ3v) is 4.18. The SMILES string of the molecule is O=C(CNCC1(CO)CCCCC1)Nc1ccccc1F. The maximum atomic E-state index is 13.4. The molecule has 0 spiro atoms. The van der Waals surface area contributed by atoms with Crippen molar-refractivity contribution in [1.29, 1.82) is 0 Å². The molecule has 1 amide bonds. The summed E-state index contributed by atoms with van der Waals surface area (Å²) in [5, 5.41) is 15.2. The van der Waals surface area contributed by atoms with E-state index in [2.05, 4.69) is 10.6 Å². The molecule has 1 saturated carbocycles. The van der Waals surface area contributed by atoms with Crippen molar-refractivity contribution < 1.29 is 14.3 Å². The van der Waals surface area contributed by atoms with Gasteiger partial charge in [-0.05, 0) is 25.0 Å². The van der Waals surface area contributed by atoms with Gasteiger partial charge in [0.05, 0.1) is 12.2 Å². The van der Waals surface area contributed by atoms with Crippen LogP contribution in [-0.4, -0.2) is 30.7 Å². The number of benzene rings is 1. The first-order valence-corrected chi connectivity index (χ1v) is 7.51. The number of aliphatic hydroxyl groups is 1. The van der Waals surface area contributed by atoms with Crippen LogP contribution in [-0.2, 0) is 4.79 Å². The van der Waals surface area contributed by atoms with E-state index in [-0.39, 0.29) is 30.2 Å². The quantitative estimate of drug-likeness (QED) is 0.754. The largest absolute Gasteiger partial charge is 0.396 e. The van der Waals surface area contributed by atoms with Crippen molar-refractivity contribution in [3.8, 4) is 0 Å². The highest BCUT2D eigenvalue weighted by Gasteiger charge is 2.30. The maximum absolute atomic E-state index is 13.4. The number of anilines is 1. The maximum Gasteiger partial charge on any atom is 0.238 e. The van der Waals surface area contributed by atoms with Crippen molar-refractivity contribution in [3.05, 3.63) is 30.1 Å². The highest BCUT2D eigenvalue weighted by molar-refractivity contribution is 5.92. The number of carbonyl (C=O) groups is 1. The number of amides is 1. The molecule has 1 aromatic carbocycles. The van der Waals surface area contributed by atoms with Gasteiger partial charge >= 0.3 is 0 Å². The van der Waals surface area contributed by atoms with E-state index < -0.39 is 5.82 Å². The summed E-state index contributed by atoms with van der Waals surface area (Å²) in [4.78, 5) is 11.8. The summed E-state index contributed by atoms with van der Waals surface area (Å²) >= 11 is 0. The summed E-state index contributed by atoms with van der Waals surface area (Å²) < 4.78 is 13.4. The van der Waals surface area contributed by atoms with Gasteiger partial charge in [0.1, 0.15) is 5.82 Å². The fraction of sp³-hybridized carbons (Fsp3) is 0.562. The van der Waals surface area contributed by atoms with Gasteiger partial charge in [0.2, 0.25) is 5.91 Å². The Morgan fingerprint density at radius 2 is 1.95 bits per heavy atom. The molecule has 1 fully saturated rings. The Morgan fingerprint density at radius 1 is 1.24 bits per heavy atom. The van der Waals surface area contributed by atoms with E-state index in [0.717, 1.165) is 25.7 Å². The number of carbonyl (C=O) groups excluding carboxylic acids is 1. The summed E-state index contributed by atoms with van der Waals surface area (Å²) in [6.45, 7) is 0.888. The van der Waals surface area contributed by atoms with Crippen LogP contribution in [0.25, 0.3) is 0 Å². The van der Waals surface area contributed by atoms with E-state index in [0.29, 0.717) is 6.54 Å². The van der Waals surface area contributed by atoms with Crippen LogP contribution in [0.1, 0.15) is 32.1 Å². The van der Waals surface area contributed by atoms with Crippen LogP contribution in [0.15, 0.2) is 24.3 Å². The fourth-order valence-corrected chi connectivity index (χ4v) is 2.89. The number of hydrogen-bond acceptors (Lipinski definition) is 3. The van der Waals surface area contributed by atoms with Crippen molar-refractivity contribution >= 4 is 11.6 Å². The third kappa shape index (κ3) is 4.51. The predicted molar refractivity (Wildman–Crippen MR) is 80.5 cm³/mol. The zero-order chi connectivity index (χ0) is 15.1. The average molecular weight is 294 g/mol. The number of rotatable bonds is 6. The van der Waals surface area contributed by atoms with Crippen LogP contribution in [0.5, 0.6) is 0 Å². The smallest absolute Gasteiger partial charge is 0.238 e. The van der Waals surface area contributed by atoms with Gasteiger partial charge in [-0.15, -0.1) is 0 Å². The van der Waals surface area contributed by atoms with Crippen molar-refractivity contribution in [1.82, 2.24) is 5.32 Å². The molecule has 0 saturated heterocycles. The Hall–Kier alpha value is -1.46. The Kier molecular flexibility index (Phi) is 5.70. The number of aliphatic hydroxyl groups excluding tert-OH is 1. The topological polar surface area (TPSA) is 61.4 Å². The van der Waals surface area contributed by atoms with Crippen LogP contribution in [0.4, 0.5) is 10.1 Å². The Bertz CT molecular complexity index is 473. The minimum Gasteiger partial charge on any atom is -0.396 e. The minimum atomic E-state index is -0.440. The monoisotopic (exact) mass is 294 g/mol. The number of para-hydroxylation sites is 1. The molecule has 116 valence electrons. The zero-order valence-corrected chi connectivity index (χ0v) is 12.2. The molecular formula is C16H23FN2O2. The molecule has 5 heteroatoms. The molecule has 1 aliphatic carbocycles. The van der Waals surface area contributed by atoms with E-state index in [1.165, 1.54) is 18.6 Å². The summed E-state index contributed by atoms with van der Waals surface area (Å²) in [6, 6.07) is 6.10. The van der Waals surface area contributed by atoms with Gasteiger partial charge < -0.3 is 15.7 Å². The van der Waals surface area contributed by atoms with Crippen LogP contribution >= 0.6 is 0 Å². The van der Waals surface area contributed by atoms with Gasteiger partial charge in [-0.2, -0.15) is 0 Å². The Balaban J connectivity index is 1.77. The van der Waals surface area contributed by atoms with Gasteiger partial charge in [-0.1, -0.05) is 31.4 Å². The van der Waals surface area contributed by atoms with E-state index in [1.54, 1.807) is 12.1 Å². The van der Waals surface area contributed by atoms with Crippen LogP contribution in [0.3, 0.4) is 0 Å². The molecule has 4 nitrogen and oxygen atoms in total. The molecule has 2 rings (SSSR count). The van der Waals surface area contributed by atoms with Gasteiger partial charge in [0, 0.05) is 18.6 Å². The molecule has 0 unspecified atom stereocenters. The van der Waals surface area contributed by atoms with Crippen molar-refractivity contribution in [2.45, 2.75) is 32.1 Å². The molecule has 3 N–H and O–H groups in total. The summed E-state index contributed by atoms with van der Waals surface area (Å²) in [5.74, 6) is -0.714. The number of nitrogens with one attached hydrogen (secondary N) is 2. The molecule has 1 aromatic rings. The molecule has 21 heavy (non-hydrogen) atoms. The average Bonchev–Trinajstić information content (AvgIpc) is 2.50. The van der Waals surface area contributed by atoms with Crippen molar-refractivity contribution in [3.63, 3.8) is 0 Å². The van der Waals surface area contributed by atoms with E-state index in [9.17, 15) is 14.3 Å². The first kappa shape index (κ1) is 15.9. The predicted octanol–water partition coefficient (Wildman–Crippen LogP) is 2.30. The molecule has 0 bridgehead atoms. The van der Waals surface area contributed by atoms with Gasteiger partial charge in [-0.3, -0.25) is 4.79 Å². The van der Waals surface area contributed by atoms with Crippen LogP contribution in [0.2, 0.25) is 0 Å². The lowest BCUT2D eigenvalue weighted by Crippen LogP contribution is -2.41. The number of hydrogen-bond donors (Lipinski definition) is 3. The van der Waals surface area contributed by atoms with Crippen LogP contribution in [0, 0.1) is 11.2 Å². The van der Waals surface area contributed by atoms with Gasteiger partial charge in [0.25, 0.3) is 0 Å². The second kappa shape index (κ2) is 7.52. The van der Waals surface area contributed by atoms with Crippen LogP contribution < -0.4 is 10.6 Å². The standard InChI is InChI=1S/C16H23FN2O2/c17-13-6-2-3-7-14(13)19-15(21)10-18-11-16(12-20)8-4-1-5-9-16/h2-3,6-7,18,20H,1,4-5,8-12H2,(H,19,21). The minimum absolute atomic E-state index is 0.101. The first-order valence-electron chi connectivity index (χ1n) is 7.51. The molecule has 0 heterocycles. The lowest BCUT2D eigenvalue weighted by atomic mass is 9.74. The summed E-state index contributed by atoms with van der Waals surface area (Å²) in [5.41, 5.74) is 0.0927. The number of halogens is 1. The molecule has 0 atom stereocenters. The first-order chi connectivity index (χ1) is 10.2. The summed E-state index contributed by atoms with van der Waals surface area (Å²) in [7, 11) is 0. The summed E-state index contributed by atoms with van der Waals surface area (Å²) in [6.07, 6.45) is 5.46. The van der Waals surface area contributed by atoms with E-state index in [1.807, 2.05) is 0 Å². The van der Waals surface area contributed by atoms with Gasteiger partial charge in [-0.25, -0.2) is 4.39 Å². The van der Waals surface area contributed by atoms with E-state index >= 15 is 0 Å². The second-order valence-electron chi connectivity index (χ2n) is 5.85. The zero-order valence-electron chi connectivity index (χ0n) is 12.2. The van der Waals surface area contributed by atoms with Gasteiger partial charge in [0.15, 0.2) is 0 Å². The lowest BCUT2D eigenvalue weighted by Gasteiger charge is -2.35. The lowest BCUT2D eigenvalue weighted by molar-refractivity contribution is -0.115. The molecular weight excluding hydrogens is 271 g/mol. The van der Waals surface area contributed by atoms with Crippen molar-refractivity contribution in [2.24, 2.45) is 5.41 Å². The Morgan fingerprint density at radius 3 is 2.62 bits per heavy atom.